The maximum Gasteiger partial charge on any atom is 0.309 e. The molecular weight excluding hydrogens is 359 g/mol. The molecule has 2 atom stereocenters. The molecule has 1 saturated heterocycles. The number of aliphatic hydroxyl groups is 1. The van der Waals surface area contributed by atoms with Gasteiger partial charge in [0.25, 0.3) is 0 Å². The van der Waals surface area contributed by atoms with Gasteiger partial charge in [-0.3, -0.25) is 14.7 Å². The number of aryl methyl sites for hydroxylation is 1. The lowest BCUT2D eigenvalue weighted by Gasteiger charge is -2.44. The third kappa shape index (κ3) is 4.18. The van der Waals surface area contributed by atoms with Crippen LogP contribution in [-0.4, -0.2) is 51.8 Å². The third-order valence-electron chi connectivity index (χ3n) is 6.25. The number of rotatable bonds is 8. The Morgan fingerprint density at radius 1 is 1.39 bits per heavy atom. The van der Waals surface area contributed by atoms with Crippen LogP contribution >= 0.6 is 0 Å². The van der Waals surface area contributed by atoms with Gasteiger partial charge >= 0.3 is 5.97 Å². The van der Waals surface area contributed by atoms with E-state index in [1.807, 2.05) is 24.3 Å². The Bertz CT molecular complexity index is 829. The quantitative estimate of drug-likeness (QED) is 0.722. The SMILES string of the molecule is CCC1CC(CCCc2c(F)cnc3ccccc23)(C(=O)O)CCN1CCO. The largest absolute Gasteiger partial charge is 0.481 e. The van der Waals surface area contributed by atoms with Crippen molar-refractivity contribution < 1.29 is 19.4 Å². The second kappa shape index (κ2) is 8.97. The average Bonchev–Trinajstić information content (AvgIpc) is 2.70. The lowest BCUT2D eigenvalue weighted by atomic mass is 9.71. The molecule has 1 aliphatic heterocycles. The fourth-order valence-corrected chi connectivity index (χ4v) is 4.61. The minimum Gasteiger partial charge on any atom is -0.481 e. The molecule has 3 rings (SSSR count). The number of nitrogens with zero attached hydrogens (tertiary/aromatic N) is 2. The van der Waals surface area contributed by atoms with Crippen LogP contribution in [0.5, 0.6) is 0 Å². The van der Waals surface area contributed by atoms with Gasteiger partial charge in [0, 0.05) is 18.0 Å². The van der Waals surface area contributed by atoms with Gasteiger partial charge in [-0.15, -0.1) is 0 Å². The van der Waals surface area contributed by atoms with Crippen LogP contribution in [0.25, 0.3) is 10.9 Å². The minimum atomic E-state index is -0.772. The number of hydrogen-bond donors (Lipinski definition) is 2. The van der Waals surface area contributed by atoms with Crippen LogP contribution in [-0.2, 0) is 11.2 Å². The molecule has 0 radical (unpaired) electrons. The Labute approximate surface area is 165 Å². The number of β-amino-alcohol motifs (C(OH)–C–C–N with tert-alkyl or cyclic N) is 1. The fourth-order valence-electron chi connectivity index (χ4n) is 4.61. The van der Waals surface area contributed by atoms with Gasteiger partial charge in [-0.1, -0.05) is 25.1 Å². The molecule has 5 nitrogen and oxygen atoms in total. The second-order valence-electron chi connectivity index (χ2n) is 7.82. The number of aliphatic carboxylic acids is 1. The molecule has 2 unspecified atom stereocenters. The van der Waals surface area contributed by atoms with Crippen molar-refractivity contribution in [2.75, 3.05) is 19.7 Å². The zero-order valence-corrected chi connectivity index (χ0v) is 16.4. The highest BCUT2D eigenvalue weighted by molar-refractivity contribution is 5.82. The molecule has 2 aromatic rings. The van der Waals surface area contributed by atoms with Gasteiger partial charge in [0.15, 0.2) is 0 Å². The molecule has 1 aliphatic rings. The van der Waals surface area contributed by atoms with Gasteiger partial charge in [0.1, 0.15) is 5.82 Å². The summed E-state index contributed by atoms with van der Waals surface area (Å²) in [6, 6.07) is 7.64. The maximum absolute atomic E-state index is 14.4. The zero-order chi connectivity index (χ0) is 20.1. The molecule has 28 heavy (non-hydrogen) atoms. The lowest BCUT2D eigenvalue weighted by molar-refractivity contribution is -0.154. The number of fused-ring (bicyclic) bond motifs is 1. The number of piperidine rings is 1. The van der Waals surface area contributed by atoms with Crippen LogP contribution in [0.4, 0.5) is 4.39 Å². The Balaban J connectivity index is 1.73. The monoisotopic (exact) mass is 388 g/mol. The molecule has 1 fully saturated rings. The van der Waals surface area contributed by atoms with Gasteiger partial charge in [-0.2, -0.15) is 0 Å². The van der Waals surface area contributed by atoms with Crippen LogP contribution in [0.15, 0.2) is 30.5 Å². The van der Waals surface area contributed by atoms with E-state index in [0.717, 1.165) is 17.3 Å². The summed E-state index contributed by atoms with van der Waals surface area (Å²) in [5.74, 6) is -1.08. The first-order valence-corrected chi connectivity index (χ1v) is 10.1. The van der Waals surface area contributed by atoms with Crippen molar-refractivity contribution in [1.29, 1.82) is 0 Å². The van der Waals surface area contributed by atoms with Crippen LogP contribution < -0.4 is 0 Å². The van der Waals surface area contributed by atoms with E-state index in [1.165, 1.54) is 6.20 Å². The number of aliphatic hydroxyl groups excluding tert-OH is 1. The highest BCUT2D eigenvalue weighted by Gasteiger charge is 2.44. The van der Waals surface area contributed by atoms with Crippen LogP contribution in [0, 0.1) is 11.2 Å². The number of likely N-dealkylation sites (tertiary alicyclic amines) is 1. The van der Waals surface area contributed by atoms with E-state index in [4.69, 9.17) is 0 Å². The first-order valence-electron chi connectivity index (χ1n) is 10.1. The normalized spacial score (nSPS) is 23.2. The highest BCUT2D eigenvalue weighted by Crippen LogP contribution is 2.40. The Kier molecular flexibility index (Phi) is 6.62. The molecular formula is C22H29FN2O3. The van der Waals surface area contributed by atoms with Gasteiger partial charge < -0.3 is 10.2 Å². The summed E-state index contributed by atoms with van der Waals surface area (Å²) in [4.78, 5) is 18.5. The van der Waals surface area contributed by atoms with Crippen LogP contribution in [0.1, 0.15) is 44.6 Å². The van der Waals surface area contributed by atoms with Crippen molar-refractivity contribution in [3.63, 3.8) is 0 Å². The number of hydrogen-bond acceptors (Lipinski definition) is 4. The predicted octanol–water partition coefficient (Wildman–Crippen LogP) is 3.63. The Hall–Kier alpha value is -2.05. The van der Waals surface area contributed by atoms with E-state index in [-0.39, 0.29) is 18.5 Å². The summed E-state index contributed by atoms with van der Waals surface area (Å²) in [6.07, 6.45) is 4.91. The molecule has 0 amide bonds. The van der Waals surface area contributed by atoms with Crippen LogP contribution in [0.3, 0.4) is 0 Å². The van der Waals surface area contributed by atoms with Crippen molar-refractivity contribution in [3.05, 3.63) is 41.8 Å². The first kappa shape index (κ1) is 20.7. The summed E-state index contributed by atoms with van der Waals surface area (Å²) in [5.41, 5.74) is 0.609. The predicted molar refractivity (Wildman–Crippen MR) is 107 cm³/mol. The van der Waals surface area contributed by atoms with Crippen molar-refractivity contribution in [1.82, 2.24) is 9.88 Å². The molecule has 6 heteroatoms. The summed E-state index contributed by atoms with van der Waals surface area (Å²) < 4.78 is 14.4. The van der Waals surface area contributed by atoms with E-state index in [1.54, 1.807) is 0 Å². The molecule has 2 N–H and O–H groups in total. The maximum atomic E-state index is 14.4. The number of benzene rings is 1. The molecule has 1 aromatic heterocycles. The zero-order valence-electron chi connectivity index (χ0n) is 16.4. The molecule has 152 valence electrons. The average molecular weight is 388 g/mol. The number of halogens is 1. The highest BCUT2D eigenvalue weighted by atomic mass is 19.1. The molecule has 0 spiro atoms. The van der Waals surface area contributed by atoms with Crippen molar-refractivity contribution >= 4 is 16.9 Å². The van der Waals surface area contributed by atoms with Gasteiger partial charge in [-0.25, -0.2) is 4.39 Å². The summed E-state index contributed by atoms with van der Waals surface area (Å²) in [7, 11) is 0. The topological polar surface area (TPSA) is 73.7 Å². The van der Waals surface area contributed by atoms with E-state index in [0.29, 0.717) is 50.8 Å². The van der Waals surface area contributed by atoms with Gasteiger partial charge in [-0.05, 0) is 56.7 Å². The number of carboxylic acid groups (broad SMARTS) is 1. The number of pyridine rings is 1. The second-order valence-corrected chi connectivity index (χ2v) is 7.82. The number of aromatic nitrogens is 1. The smallest absolute Gasteiger partial charge is 0.309 e. The molecule has 1 aromatic carbocycles. The summed E-state index contributed by atoms with van der Waals surface area (Å²) in [6.45, 7) is 3.41. The van der Waals surface area contributed by atoms with Crippen LogP contribution in [0.2, 0.25) is 0 Å². The number of carbonyl (C=O) groups is 1. The third-order valence-corrected chi connectivity index (χ3v) is 6.25. The van der Waals surface area contributed by atoms with E-state index in [2.05, 4.69) is 16.8 Å². The van der Waals surface area contributed by atoms with Crippen molar-refractivity contribution in [2.24, 2.45) is 5.41 Å². The minimum absolute atomic E-state index is 0.0883. The van der Waals surface area contributed by atoms with E-state index < -0.39 is 11.4 Å². The summed E-state index contributed by atoms with van der Waals surface area (Å²) in [5, 5.41) is 20.0. The molecule has 0 saturated carbocycles. The van der Waals surface area contributed by atoms with E-state index in [9.17, 15) is 19.4 Å². The van der Waals surface area contributed by atoms with E-state index >= 15 is 0 Å². The molecule has 0 aliphatic carbocycles. The Morgan fingerprint density at radius 2 is 2.18 bits per heavy atom. The molecule has 0 bridgehead atoms. The van der Waals surface area contributed by atoms with Gasteiger partial charge in [0.2, 0.25) is 0 Å². The lowest BCUT2D eigenvalue weighted by Crippen LogP contribution is -2.50. The number of carboxylic acids is 1. The molecule has 2 heterocycles. The van der Waals surface area contributed by atoms with Gasteiger partial charge in [0.05, 0.1) is 23.7 Å². The standard InChI is InChI=1S/C22H29FN2O3/c1-2-16-14-22(21(27)28,10-11-25(16)12-13-26)9-5-7-17-18-6-3-4-8-20(18)24-15-19(17)23/h3-4,6,8,15-16,26H,2,5,7,9-14H2,1H3,(H,27,28). The number of para-hydroxylation sites is 1. The van der Waals surface area contributed by atoms with Crippen molar-refractivity contribution in [2.45, 2.75) is 51.5 Å². The first-order chi connectivity index (χ1) is 13.5. The van der Waals surface area contributed by atoms with Crippen molar-refractivity contribution in [3.8, 4) is 0 Å². The summed E-state index contributed by atoms with van der Waals surface area (Å²) >= 11 is 0. The fraction of sp³-hybridized carbons (Fsp3) is 0.545. The Morgan fingerprint density at radius 3 is 2.89 bits per heavy atom.